The van der Waals surface area contributed by atoms with Gasteiger partial charge in [-0.1, -0.05) is 20.3 Å². The highest BCUT2D eigenvalue weighted by Crippen LogP contribution is 2.46. The van der Waals surface area contributed by atoms with E-state index in [4.69, 9.17) is 20.9 Å². The maximum atomic E-state index is 6.05. The average molecular weight is 319 g/mol. The molecule has 5 heteroatoms. The van der Waals surface area contributed by atoms with Gasteiger partial charge in [-0.3, -0.25) is 0 Å². The number of hydrogen-bond donors (Lipinski definition) is 0. The van der Waals surface area contributed by atoms with E-state index in [2.05, 4.69) is 18.7 Å². The van der Waals surface area contributed by atoms with E-state index in [9.17, 15) is 0 Å². The third-order valence-corrected chi connectivity index (χ3v) is 6.26. The number of nitrogens with zero attached hydrogens (tertiary/aromatic N) is 1. The Morgan fingerprint density at radius 1 is 1.15 bits per heavy atom. The van der Waals surface area contributed by atoms with Gasteiger partial charge >= 0.3 is 0 Å². The van der Waals surface area contributed by atoms with Gasteiger partial charge < -0.3 is 13.9 Å². The Balaban J connectivity index is 1.81. The van der Waals surface area contributed by atoms with E-state index in [1.54, 1.807) is 0 Å². The fourth-order valence-corrected chi connectivity index (χ4v) is 4.80. The smallest absolute Gasteiger partial charge is 0.185 e. The quantitative estimate of drug-likeness (QED) is 0.693. The summed E-state index contributed by atoms with van der Waals surface area (Å²) in [5, 5.41) is 0. The molecule has 3 atom stereocenters. The molecular formula is C15H30NO2PS. The van der Waals surface area contributed by atoms with Crippen LogP contribution in [0.1, 0.15) is 46.0 Å². The highest BCUT2D eigenvalue weighted by molar-refractivity contribution is 8.09. The molecule has 2 aliphatic rings. The Hall–Kier alpha value is 0.530. The van der Waals surface area contributed by atoms with Crippen LogP contribution in [-0.4, -0.2) is 43.9 Å². The molecule has 0 aromatic carbocycles. The fraction of sp³-hybridized carbons (Fsp3) is 1.00. The summed E-state index contributed by atoms with van der Waals surface area (Å²) in [6.45, 7) is 8.31. The van der Waals surface area contributed by atoms with Crippen molar-refractivity contribution in [1.29, 1.82) is 0 Å². The summed E-state index contributed by atoms with van der Waals surface area (Å²) < 4.78 is 11.9. The van der Waals surface area contributed by atoms with Gasteiger partial charge in [0.1, 0.15) is 0 Å². The molecule has 20 heavy (non-hydrogen) atoms. The maximum absolute atomic E-state index is 6.05. The zero-order valence-electron chi connectivity index (χ0n) is 13.2. The summed E-state index contributed by atoms with van der Waals surface area (Å²) >= 11 is 5.53. The molecule has 0 aromatic rings. The third-order valence-electron chi connectivity index (χ3n) is 4.39. The Kier molecular flexibility index (Phi) is 6.50. The molecule has 2 aliphatic heterocycles. The second-order valence-corrected chi connectivity index (χ2v) is 10.8. The number of rotatable bonds is 6. The van der Waals surface area contributed by atoms with Crippen molar-refractivity contribution in [1.82, 2.24) is 4.90 Å². The van der Waals surface area contributed by atoms with Gasteiger partial charge in [-0.15, -0.1) is 0 Å². The molecule has 0 bridgehead atoms. The summed E-state index contributed by atoms with van der Waals surface area (Å²) in [6, 6.07) is 0.734. The first-order valence-electron chi connectivity index (χ1n) is 8.08. The summed E-state index contributed by atoms with van der Waals surface area (Å²) in [6.07, 6.45) is 6.69. The molecule has 0 radical (unpaired) electrons. The zero-order valence-corrected chi connectivity index (χ0v) is 14.9. The minimum Gasteiger partial charge on any atom is -0.329 e. The molecule has 1 unspecified atom stereocenters. The highest BCUT2D eigenvalue weighted by Gasteiger charge is 2.33. The minimum absolute atomic E-state index is 0.518. The van der Waals surface area contributed by atoms with E-state index < -0.39 is 6.49 Å². The van der Waals surface area contributed by atoms with Crippen molar-refractivity contribution in [3.05, 3.63) is 0 Å². The van der Waals surface area contributed by atoms with Crippen molar-refractivity contribution in [2.24, 2.45) is 11.8 Å². The molecule has 2 saturated heterocycles. The standard InChI is InChI=1S/C15H30NO2PS/c1-13(2)11-17-19(3,20)18-12-14-7-6-10-16-9-5-4-8-15(14)16/h13-15H,4-12H2,1-3H3/t14-,15-,19?/m1/s1. The van der Waals surface area contributed by atoms with Crippen molar-refractivity contribution < 1.29 is 9.05 Å². The minimum atomic E-state index is -2.05. The van der Waals surface area contributed by atoms with Gasteiger partial charge in [-0.05, 0) is 62.4 Å². The number of hydrogen-bond acceptors (Lipinski definition) is 4. The molecule has 0 aliphatic carbocycles. The van der Waals surface area contributed by atoms with Gasteiger partial charge in [0.15, 0.2) is 6.49 Å². The van der Waals surface area contributed by atoms with Crippen LogP contribution in [0.3, 0.4) is 0 Å². The predicted octanol–water partition coefficient (Wildman–Crippen LogP) is 3.88. The molecule has 0 spiro atoms. The third kappa shape index (κ3) is 5.06. The van der Waals surface area contributed by atoms with E-state index >= 15 is 0 Å². The molecule has 2 heterocycles. The van der Waals surface area contributed by atoms with Crippen LogP contribution in [0.5, 0.6) is 0 Å². The monoisotopic (exact) mass is 319 g/mol. The van der Waals surface area contributed by atoms with E-state index in [0.29, 0.717) is 18.4 Å². The summed E-state index contributed by atoms with van der Waals surface area (Å²) in [4.78, 5) is 2.68. The number of fused-ring (bicyclic) bond motifs is 1. The van der Waals surface area contributed by atoms with Gasteiger partial charge in [0.05, 0.1) is 13.2 Å². The van der Waals surface area contributed by atoms with Crippen molar-refractivity contribution in [2.45, 2.75) is 52.0 Å². The van der Waals surface area contributed by atoms with Crippen molar-refractivity contribution in [2.75, 3.05) is 33.0 Å². The van der Waals surface area contributed by atoms with Crippen LogP contribution < -0.4 is 0 Å². The topological polar surface area (TPSA) is 21.7 Å². The molecule has 2 rings (SSSR count). The molecular weight excluding hydrogens is 289 g/mol. The second-order valence-electron chi connectivity index (χ2n) is 6.76. The molecule has 2 fully saturated rings. The van der Waals surface area contributed by atoms with Crippen molar-refractivity contribution >= 4 is 18.3 Å². The highest BCUT2D eigenvalue weighted by atomic mass is 32.5. The summed E-state index contributed by atoms with van der Waals surface area (Å²) in [7, 11) is 0. The lowest BCUT2D eigenvalue weighted by Gasteiger charge is -2.44. The SMILES string of the molecule is CC(C)COP(C)(=S)OC[C@H]1CCCN2CCCC[C@H]12. The first kappa shape index (κ1) is 16.9. The van der Waals surface area contributed by atoms with E-state index in [0.717, 1.165) is 12.6 Å². The van der Waals surface area contributed by atoms with Gasteiger partial charge in [-0.2, -0.15) is 0 Å². The van der Waals surface area contributed by atoms with Gasteiger partial charge in [0.25, 0.3) is 0 Å². The van der Waals surface area contributed by atoms with E-state index in [1.165, 1.54) is 45.2 Å². The van der Waals surface area contributed by atoms with E-state index in [-0.39, 0.29) is 0 Å². The van der Waals surface area contributed by atoms with Gasteiger partial charge in [0, 0.05) is 12.7 Å². The molecule has 118 valence electrons. The first-order valence-corrected chi connectivity index (χ1v) is 11.2. The van der Waals surface area contributed by atoms with Crippen LogP contribution in [-0.2, 0) is 20.9 Å². The predicted molar refractivity (Wildman–Crippen MR) is 88.9 cm³/mol. The molecule has 0 amide bonds. The maximum Gasteiger partial charge on any atom is 0.185 e. The molecule has 3 nitrogen and oxygen atoms in total. The van der Waals surface area contributed by atoms with Crippen LogP contribution in [0, 0.1) is 11.8 Å². The molecule has 0 saturated carbocycles. The van der Waals surface area contributed by atoms with Crippen LogP contribution in [0.15, 0.2) is 0 Å². The Labute approximate surface area is 129 Å². The van der Waals surface area contributed by atoms with Gasteiger partial charge in [0.2, 0.25) is 0 Å². The van der Waals surface area contributed by atoms with E-state index in [1.807, 2.05) is 6.66 Å². The zero-order chi connectivity index (χ0) is 14.6. The van der Waals surface area contributed by atoms with Crippen molar-refractivity contribution in [3.63, 3.8) is 0 Å². The van der Waals surface area contributed by atoms with Crippen molar-refractivity contribution in [3.8, 4) is 0 Å². The second kappa shape index (κ2) is 7.69. The first-order chi connectivity index (χ1) is 9.48. The lowest BCUT2D eigenvalue weighted by molar-refractivity contribution is 0.0355. The summed E-state index contributed by atoms with van der Waals surface area (Å²) in [5.74, 6) is 1.18. The Morgan fingerprint density at radius 2 is 1.90 bits per heavy atom. The van der Waals surface area contributed by atoms with Gasteiger partial charge in [-0.25, -0.2) is 0 Å². The van der Waals surface area contributed by atoms with Crippen LogP contribution >= 0.6 is 6.49 Å². The Bertz CT molecular complexity index is 349. The van der Waals surface area contributed by atoms with Crippen LogP contribution in [0.2, 0.25) is 0 Å². The van der Waals surface area contributed by atoms with Crippen LogP contribution in [0.25, 0.3) is 0 Å². The largest absolute Gasteiger partial charge is 0.329 e. The fourth-order valence-electron chi connectivity index (χ4n) is 3.32. The average Bonchev–Trinajstić information content (AvgIpc) is 2.43. The number of piperidine rings is 2. The molecule has 0 aromatic heterocycles. The summed E-state index contributed by atoms with van der Waals surface area (Å²) in [5.41, 5.74) is 0. The Morgan fingerprint density at radius 3 is 2.65 bits per heavy atom. The van der Waals surface area contributed by atoms with Crippen LogP contribution in [0.4, 0.5) is 0 Å². The lowest BCUT2D eigenvalue weighted by Crippen LogP contribution is -2.49. The normalized spacial score (nSPS) is 31.0. The molecule has 0 N–H and O–H groups in total. The lowest BCUT2D eigenvalue weighted by atomic mass is 9.84.